The zero-order chi connectivity index (χ0) is 33.5. The summed E-state index contributed by atoms with van der Waals surface area (Å²) in [7, 11) is -3.51. The molecular formula is C35H39ClFN3O6Si. The molecule has 248 valence electrons. The van der Waals surface area contributed by atoms with Gasteiger partial charge in [-0.15, -0.1) is 0 Å². The number of carbonyl (C=O) groups excluding carboxylic acids is 3. The third-order valence-electron chi connectivity index (χ3n) is 9.59. The summed E-state index contributed by atoms with van der Waals surface area (Å²) in [6, 6.07) is 22.0. The maximum Gasteiger partial charge on any atom is 0.414 e. The van der Waals surface area contributed by atoms with Gasteiger partial charge in [0.15, 0.2) is 5.60 Å². The second kappa shape index (κ2) is 13.0. The lowest BCUT2D eigenvalue weighted by Crippen LogP contribution is -2.45. The second-order valence-electron chi connectivity index (χ2n) is 13.0. The lowest BCUT2D eigenvalue weighted by Gasteiger charge is -2.31. The SMILES string of the molecule is C[C@@H]1[C@@H]([Si](C)(C)F)[C@H](CC(=O)N(CCO)Cc2ccccc2)O[C@@]12C(=O)N(Cc1ccc(N3CCOC3=O)cc1)c1ccc(Cl)cc12. The van der Waals surface area contributed by atoms with E-state index in [2.05, 4.69) is 0 Å². The molecule has 0 saturated carbocycles. The van der Waals surface area contributed by atoms with Crippen molar-refractivity contribution in [2.45, 2.75) is 56.8 Å². The maximum absolute atomic E-state index is 16.3. The lowest BCUT2D eigenvalue weighted by molar-refractivity contribution is -0.150. The van der Waals surface area contributed by atoms with Crippen LogP contribution < -0.4 is 9.80 Å². The van der Waals surface area contributed by atoms with Crippen LogP contribution in [0.25, 0.3) is 0 Å². The second-order valence-corrected chi connectivity index (χ2v) is 17.2. The topological polar surface area (TPSA) is 99.6 Å². The Morgan fingerprint density at radius 3 is 2.45 bits per heavy atom. The molecule has 0 radical (unpaired) electrons. The van der Waals surface area contributed by atoms with Gasteiger partial charge in [0.25, 0.3) is 5.91 Å². The van der Waals surface area contributed by atoms with E-state index in [0.29, 0.717) is 35.1 Å². The van der Waals surface area contributed by atoms with Crippen LogP contribution in [0, 0.1) is 5.92 Å². The zero-order valence-electron chi connectivity index (χ0n) is 26.7. The van der Waals surface area contributed by atoms with Crippen molar-refractivity contribution in [3.05, 3.63) is 94.5 Å². The number of halogens is 2. The van der Waals surface area contributed by atoms with Crippen LogP contribution in [0.3, 0.4) is 0 Å². The summed E-state index contributed by atoms with van der Waals surface area (Å²) in [6.45, 7) is 6.23. The van der Waals surface area contributed by atoms with Crippen molar-refractivity contribution in [1.82, 2.24) is 4.90 Å². The predicted molar refractivity (Wildman–Crippen MR) is 179 cm³/mol. The number of hydrogen-bond donors (Lipinski definition) is 1. The Balaban J connectivity index is 1.31. The van der Waals surface area contributed by atoms with Crippen LogP contribution in [0.5, 0.6) is 0 Å². The first-order chi connectivity index (χ1) is 22.4. The molecule has 9 nitrogen and oxygen atoms in total. The number of rotatable bonds is 10. The van der Waals surface area contributed by atoms with E-state index in [9.17, 15) is 19.5 Å². The van der Waals surface area contributed by atoms with Gasteiger partial charge in [-0.05, 0) is 54.6 Å². The molecule has 3 aromatic carbocycles. The molecule has 0 aromatic heterocycles. The lowest BCUT2D eigenvalue weighted by atomic mass is 9.82. The number of benzene rings is 3. The predicted octanol–water partition coefficient (Wildman–Crippen LogP) is 6.03. The third-order valence-corrected chi connectivity index (χ3v) is 12.3. The summed E-state index contributed by atoms with van der Waals surface area (Å²) in [4.78, 5) is 45.2. The number of nitrogens with zero attached hydrogens (tertiary/aromatic N) is 3. The molecular weight excluding hydrogens is 641 g/mol. The van der Waals surface area contributed by atoms with Gasteiger partial charge in [-0.1, -0.05) is 61.0 Å². The third kappa shape index (κ3) is 6.17. The molecule has 0 unspecified atom stereocenters. The quantitative estimate of drug-likeness (QED) is 0.208. The molecule has 2 saturated heterocycles. The van der Waals surface area contributed by atoms with Gasteiger partial charge in [-0.3, -0.25) is 14.5 Å². The fourth-order valence-corrected chi connectivity index (χ4v) is 10.2. The highest BCUT2D eigenvalue weighted by Gasteiger charge is 2.67. The van der Waals surface area contributed by atoms with Crippen LogP contribution in [0.4, 0.5) is 20.3 Å². The zero-order valence-corrected chi connectivity index (χ0v) is 28.5. The number of hydrogen-bond acceptors (Lipinski definition) is 6. The molecule has 6 rings (SSSR count). The van der Waals surface area contributed by atoms with Gasteiger partial charge in [0.2, 0.25) is 14.3 Å². The number of anilines is 2. The van der Waals surface area contributed by atoms with E-state index in [1.54, 1.807) is 46.0 Å². The summed E-state index contributed by atoms with van der Waals surface area (Å²) < 4.78 is 28.1. The molecule has 0 bridgehead atoms. The normalized spacial score (nSPS) is 23.8. The molecule has 2 fully saturated rings. The van der Waals surface area contributed by atoms with Gasteiger partial charge in [0.1, 0.15) is 6.61 Å². The van der Waals surface area contributed by atoms with Gasteiger partial charge in [-0.25, -0.2) is 4.79 Å². The average molecular weight is 680 g/mol. The first kappa shape index (κ1) is 33.1. The van der Waals surface area contributed by atoms with Crippen LogP contribution in [0.2, 0.25) is 23.7 Å². The van der Waals surface area contributed by atoms with E-state index < -0.39 is 37.7 Å². The van der Waals surface area contributed by atoms with Crippen LogP contribution >= 0.6 is 11.6 Å². The van der Waals surface area contributed by atoms with E-state index in [1.165, 1.54) is 0 Å². The highest BCUT2D eigenvalue weighted by Crippen LogP contribution is 2.60. The van der Waals surface area contributed by atoms with Gasteiger partial charge in [-0.2, -0.15) is 0 Å². The summed E-state index contributed by atoms with van der Waals surface area (Å²) in [6.07, 6.45) is -1.39. The summed E-state index contributed by atoms with van der Waals surface area (Å²) >= 11 is 6.50. The highest BCUT2D eigenvalue weighted by atomic mass is 35.5. The fourth-order valence-electron chi connectivity index (χ4n) is 7.49. The van der Waals surface area contributed by atoms with E-state index in [-0.39, 0.29) is 44.5 Å². The minimum Gasteiger partial charge on any atom is -0.447 e. The number of ether oxygens (including phenoxy) is 2. The number of amides is 3. The molecule has 12 heteroatoms. The molecule has 1 spiro atoms. The number of aliphatic hydroxyl groups is 1. The number of fused-ring (bicyclic) bond motifs is 2. The van der Waals surface area contributed by atoms with E-state index >= 15 is 4.11 Å². The van der Waals surface area contributed by atoms with E-state index in [4.69, 9.17) is 21.1 Å². The van der Waals surface area contributed by atoms with Crippen LogP contribution in [-0.2, 0) is 37.8 Å². The molecule has 0 aliphatic carbocycles. The Morgan fingerprint density at radius 1 is 1.09 bits per heavy atom. The largest absolute Gasteiger partial charge is 0.447 e. The molecule has 3 aliphatic rings. The molecule has 3 amide bonds. The molecule has 1 N–H and O–H groups in total. The highest BCUT2D eigenvalue weighted by molar-refractivity contribution is 6.72. The smallest absolute Gasteiger partial charge is 0.414 e. The van der Waals surface area contributed by atoms with Crippen LogP contribution in [-0.4, -0.2) is 68.7 Å². The molecule has 3 heterocycles. The molecule has 4 atom stereocenters. The molecule has 47 heavy (non-hydrogen) atoms. The Labute approximate surface area is 280 Å². The van der Waals surface area contributed by atoms with Crippen molar-refractivity contribution in [3.8, 4) is 0 Å². The van der Waals surface area contributed by atoms with Gasteiger partial charge < -0.3 is 28.5 Å². The number of cyclic esters (lactones) is 1. The van der Waals surface area contributed by atoms with Crippen molar-refractivity contribution in [2.24, 2.45) is 5.92 Å². The first-order valence-corrected chi connectivity index (χ1v) is 19.2. The van der Waals surface area contributed by atoms with Crippen molar-refractivity contribution in [1.29, 1.82) is 0 Å². The molecule has 3 aliphatic heterocycles. The fraction of sp³-hybridized carbons (Fsp3) is 0.400. The van der Waals surface area contributed by atoms with Gasteiger partial charge in [0.05, 0.1) is 37.9 Å². The van der Waals surface area contributed by atoms with Crippen molar-refractivity contribution in [3.63, 3.8) is 0 Å². The first-order valence-electron chi connectivity index (χ1n) is 15.9. The Kier molecular flexibility index (Phi) is 9.19. The minimum atomic E-state index is -3.51. The number of aliphatic hydroxyl groups excluding tert-OH is 1. The summed E-state index contributed by atoms with van der Waals surface area (Å²) in [5.41, 5.74) is 1.40. The molecule has 3 aromatic rings. The Bertz CT molecular complexity index is 1660. The van der Waals surface area contributed by atoms with Gasteiger partial charge >= 0.3 is 6.09 Å². The van der Waals surface area contributed by atoms with E-state index in [1.807, 2.05) is 61.5 Å². The van der Waals surface area contributed by atoms with E-state index in [0.717, 1.165) is 11.1 Å². The average Bonchev–Trinajstić information content (AvgIpc) is 3.66. The van der Waals surface area contributed by atoms with Crippen LogP contribution in [0.15, 0.2) is 72.8 Å². The van der Waals surface area contributed by atoms with Gasteiger partial charge in [0, 0.05) is 40.8 Å². The standard InChI is InChI=1S/C35H39ClFN3O6Si/c1-23-32(47(2,3)37)30(20-31(42)38(15-17-41)21-24-7-5-4-6-8-24)46-35(23)28-19-26(36)11-14-29(28)40(33(35)43)22-25-9-12-27(13-10-25)39-16-18-45-34(39)44/h4-14,19,23,30,32,41H,15-18,20-22H2,1-3H3/t23-,30+,32-,35+/m1/s1. The van der Waals surface area contributed by atoms with Crippen molar-refractivity contribution in [2.75, 3.05) is 36.1 Å². The van der Waals surface area contributed by atoms with Crippen LogP contribution in [0.1, 0.15) is 30.0 Å². The summed E-state index contributed by atoms with van der Waals surface area (Å²) in [5.74, 6) is -1.20. The number of carbonyl (C=O) groups is 3. The minimum absolute atomic E-state index is 0.116. The maximum atomic E-state index is 16.3. The Morgan fingerprint density at radius 2 is 1.81 bits per heavy atom. The Hall–Kier alpha value is -3.77. The monoisotopic (exact) mass is 679 g/mol. The van der Waals surface area contributed by atoms with Crippen molar-refractivity contribution < 1.29 is 33.1 Å². The van der Waals surface area contributed by atoms with Crippen molar-refractivity contribution >= 4 is 49.3 Å². The summed E-state index contributed by atoms with van der Waals surface area (Å²) in [5, 5.41) is 10.2.